The first-order chi connectivity index (χ1) is 9.69. The Morgan fingerprint density at radius 2 is 2.30 bits per heavy atom. The molecule has 0 radical (unpaired) electrons. The van der Waals surface area contributed by atoms with Crippen LogP contribution in [0.15, 0.2) is 24.8 Å². The van der Waals surface area contributed by atoms with Gasteiger partial charge in [-0.2, -0.15) is 0 Å². The number of nitrogen functional groups attached to an aromatic ring is 1. The SMILES string of the molecule is Nc1ncnc2c1ncn2[C@@H]1C=C[C@@H](CC(=O)NO)C1. The molecule has 0 saturated carbocycles. The minimum Gasteiger partial charge on any atom is -0.382 e. The number of allylic oxidation sites excluding steroid dienone is 2. The Morgan fingerprint density at radius 1 is 1.45 bits per heavy atom. The van der Waals surface area contributed by atoms with Crippen LogP contribution in [-0.4, -0.2) is 30.6 Å². The van der Waals surface area contributed by atoms with Crippen LogP contribution in [0.3, 0.4) is 0 Å². The smallest absolute Gasteiger partial charge is 0.243 e. The number of hydrogen-bond acceptors (Lipinski definition) is 6. The summed E-state index contributed by atoms with van der Waals surface area (Å²) in [4.78, 5) is 23.5. The van der Waals surface area contributed by atoms with E-state index in [0.717, 1.165) is 6.42 Å². The second-order valence-electron chi connectivity index (χ2n) is 4.77. The van der Waals surface area contributed by atoms with Crippen molar-refractivity contribution >= 4 is 22.9 Å². The predicted molar refractivity (Wildman–Crippen MR) is 70.6 cm³/mol. The summed E-state index contributed by atoms with van der Waals surface area (Å²) in [7, 11) is 0. The molecule has 2 heterocycles. The van der Waals surface area contributed by atoms with E-state index in [1.54, 1.807) is 11.8 Å². The van der Waals surface area contributed by atoms with E-state index >= 15 is 0 Å². The van der Waals surface area contributed by atoms with Gasteiger partial charge in [0.2, 0.25) is 5.91 Å². The molecule has 1 aliphatic rings. The quantitative estimate of drug-likeness (QED) is 0.424. The van der Waals surface area contributed by atoms with Gasteiger partial charge in [0.05, 0.1) is 12.4 Å². The number of fused-ring (bicyclic) bond motifs is 1. The summed E-state index contributed by atoms with van der Waals surface area (Å²) in [6.07, 6.45) is 8.07. The molecule has 104 valence electrons. The highest BCUT2D eigenvalue weighted by Gasteiger charge is 2.24. The molecule has 2 atom stereocenters. The lowest BCUT2D eigenvalue weighted by Gasteiger charge is -2.13. The molecule has 2 aromatic rings. The lowest BCUT2D eigenvalue weighted by Crippen LogP contribution is -2.21. The monoisotopic (exact) mass is 274 g/mol. The van der Waals surface area contributed by atoms with Crippen LogP contribution in [0.4, 0.5) is 5.82 Å². The normalized spacial score (nSPS) is 21.4. The molecule has 0 aromatic carbocycles. The molecule has 0 bridgehead atoms. The van der Waals surface area contributed by atoms with E-state index in [4.69, 9.17) is 10.9 Å². The van der Waals surface area contributed by atoms with E-state index < -0.39 is 0 Å². The summed E-state index contributed by atoms with van der Waals surface area (Å²) in [6, 6.07) is 0.0748. The van der Waals surface area contributed by atoms with Gasteiger partial charge in [0, 0.05) is 6.42 Å². The van der Waals surface area contributed by atoms with Gasteiger partial charge in [0.1, 0.15) is 11.8 Å². The van der Waals surface area contributed by atoms with Crippen molar-refractivity contribution in [3.63, 3.8) is 0 Å². The van der Waals surface area contributed by atoms with Crippen molar-refractivity contribution in [1.82, 2.24) is 25.0 Å². The molecular formula is C12H14N6O2. The Balaban J connectivity index is 1.82. The molecule has 0 fully saturated rings. The Bertz CT molecular complexity index is 680. The van der Waals surface area contributed by atoms with Crippen LogP contribution >= 0.6 is 0 Å². The van der Waals surface area contributed by atoms with Crippen LogP contribution in [0.5, 0.6) is 0 Å². The lowest BCUT2D eigenvalue weighted by atomic mass is 10.0. The molecule has 8 heteroatoms. The fourth-order valence-corrected chi connectivity index (χ4v) is 2.51. The van der Waals surface area contributed by atoms with Crippen LogP contribution in [-0.2, 0) is 4.79 Å². The number of amides is 1. The van der Waals surface area contributed by atoms with Gasteiger partial charge in [-0.15, -0.1) is 0 Å². The Hall–Kier alpha value is -2.48. The largest absolute Gasteiger partial charge is 0.382 e. The van der Waals surface area contributed by atoms with Crippen molar-refractivity contribution in [2.24, 2.45) is 5.92 Å². The van der Waals surface area contributed by atoms with Crippen LogP contribution < -0.4 is 11.2 Å². The third-order valence-electron chi connectivity index (χ3n) is 3.47. The average Bonchev–Trinajstić information content (AvgIpc) is 3.05. The van der Waals surface area contributed by atoms with Crippen LogP contribution in [0.25, 0.3) is 11.2 Å². The average molecular weight is 274 g/mol. The fraction of sp³-hybridized carbons (Fsp3) is 0.333. The number of carbonyl (C=O) groups is 1. The molecule has 4 N–H and O–H groups in total. The number of imidazole rings is 1. The number of anilines is 1. The standard InChI is InChI=1S/C12H14N6O2/c13-11-10-12(15-5-14-11)18(6-16-10)8-2-1-7(3-8)4-9(19)17-20/h1-2,5-8,20H,3-4H2,(H,17,19)(H2,13,14,15)/t7-,8-/m1/s1. The third kappa shape index (κ3) is 2.10. The molecular weight excluding hydrogens is 260 g/mol. The number of nitrogens with one attached hydrogen (secondary N) is 1. The number of aromatic nitrogens is 4. The zero-order valence-electron chi connectivity index (χ0n) is 10.6. The van der Waals surface area contributed by atoms with Gasteiger partial charge >= 0.3 is 0 Å². The lowest BCUT2D eigenvalue weighted by molar-refractivity contribution is -0.129. The summed E-state index contributed by atoms with van der Waals surface area (Å²) in [6.45, 7) is 0. The molecule has 0 spiro atoms. The predicted octanol–water partition coefficient (Wildman–Crippen LogP) is 0.421. The van der Waals surface area contributed by atoms with Gasteiger partial charge in [-0.05, 0) is 12.3 Å². The maximum absolute atomic E-state index is 11.2. The molecule has 8 nitrogen and oxygen atoms in total. The summed E-state index contributed by atoms with van der Waals surface area (Å²) < 4.78 is 1.92. The highest BCUT2D eigenvalue weighted by Crippen LogP contribution is 2.32. The van der Waals surface area contributed by atoms with Crippen molar-refractivity contribution in [1.29, 1.82) is 0 Å². The zero-order chi connectivity index (χ0) is 14.1. The van der Waals surface area contributed by atoms with Gasteiger partial charge < -0.3 is 10.3 Å². The Morgan fingerprint density at radius 3 is 3.10 bits per heavy atom. The van der Waals surface area contributed by atoms with Crippen molar-refractivity contribution in [2.45, 2.75) is 18.9 Å². The number of carbonyl (C=O) groups excluding carboxylic acids is 1. The molecule has 0 aliphatic heterocycles. The topological polar surface area (TPSA) is 119 Å². The van der Waals surface area contributed by atoms with E-state index in [9.17, 15) is 4.79 Å². The maximum Gasteiger partial charge on any atom is 0.243 e. The van der Waals surface area contributed by atoms with Gasteiger partial charge in [0.25, 0.3) is 0 Å². The third-order valence-corrected chi connectivity index (χ3v) is 3.47. The minimum absolute atomic E-state index is 0.0748. The number of hydroxylamine groups is 1. The highest BCUT2D eigenvalue weighted by molar-refractivity contribution is 5.81. The highest BCUT2D eigenvalue weighted by atomic mass is 16.5. The molecule has 0 unspecified atom stereocenters. The second-order valence-corrected chi connectivity index (χ2v) is 4.77. The van der Waals surface area contributed by atoms with Gasteiger partial charge in [-0.1, -0.05) is 12.2 Å². The molecule has 0 saturated heterocycles. The zero-order valence-corrected chi connectivity index (χ0v) is 10.6. The number of rotatable bonds is 3. The van der Waals surface area contributed by atoms with E-state index in [-0.39, 0.29) is 24.3 Å². The van der Waals surface area contributed by atoms with Gasteiger partial charge in [-0.3, -0.25) is 10.0 Å². The van der Waals surface area contributed by atoms with Crippen LogP contribution in [0, 0.1) is 5.92 Å². The first-order valence-electron chi connectivity index (χ1n) is 6.23. The Labute approximate surface area is 114 Å². The molecule has 2 aromatic heterocycles. The molecule has 1 aliphatic carbocycles. The molecule has 20 heavy (non-hydrogen) atoms. The fourth-order valence-electron chi connectivity index (χ4n) is 2.51. The van der Waals surface area contributed by atoms with E-state index in [0.29, 0.717) is 17.0 Å². The summed E-state index contributed by atoms with van der Waals surface area (Å²) in [5.74, 6) is 0.0538. The number of hydrogen-bond donors (Lipinski definition) is 3. The first-order valence-corrected chi connectivity index (χ1v) is 6.23. The molecule has 3 rings (SSSR count). The maximum atomic E-state index is 11.2. The summed E-state index contributed by atoms with van der Waals surface area (Å²) >= 11 is 0. The number of nitrogens with two attached hydrogens (primary N) is 1. The first kappa shape index (κ1) is 12.5. The van der Waals surface area contributed by atoms with Crippen LogP contribution in [0.2, 0.25) is 0 Å². The van der Waals surface area contributed by atoms with E-state index in [1.165, 1.54) is 6.33 Å². The van der Waals surface area contributed by atoms with Crippen molar-refractivity contribution < 1.29 is 10.0 Å². The van der Waals surface area contributed by atoms with E-state index in [1.807, 2.05) is 16.7 Å². The van der Waals surface area contributed by atoms with Crippen molar-refractivity contribution in [2.75, 3.05) is 5.73 Å². The van der Waals surface area contributed by atoms with Gasteiger partial charge in [0.15, 0.2) is 11.5 Å². The van der Waals surface area contributed by atoms with Crippen molar-refractivity contribution in [3.05, 3.63) is 24.8 Å². The summed E-state index contributed by atoms with van der Waals surface area (Å²) in [5, 5.41) is 8.55. The van der Waals surface area contributed by atoms with Crippen LogP contribution in [0.1, 0.15) is 18.9 Å². The number of nitrogens with zero attached hydrogens (tertiary/aromatic N) is 4. The second kappa shape index (κ2) is 4.89. The van der Waals surface area contributed by atoms with Gasteiger partial charge in [-0.25, -0.2) is 20.4 Å². The Kier molecular flexibility index (Phi) is 3.07. The van der Waals surface area contributed by atoms with Crippen molar-refractivity contribution in [3.8, 4) is 0 Å². The van der Waals surface area contributed by atoms with E-state index in [2.05, 4.69) is 15.0 Å². The minimum atomic E-state index is -0.387. The molecule has 1 amide bonds. The summed E-state index contributed by atoms with van der Waals surface area (Å²) in [5.41, 5.74) is 8.66.